The summed E-state index contributed by atoms with van der Waals surface area (Å²) in [6.07, 6.45) is 0. The smallest absolute Gasteiger partial charge is 0.263 e. The summed E-state index contributed by atoms with van der Waals surface area (Å²) in [5, 5.41) is 0. The zero-order valence-corrected chi connectivity index (χ0v) is 12.1. The summed E-state index contributed by atoms with van der Waals surface area (Å²) in [5.74, 6) is -4.67. The molecule has 0 bridgehead atoms. The summed E-state index contributed by atoms with van der Waals surface area (Å²) in [6.45, 7) is 3.34. The first-order chi connectivity index (χ1) is 9.22. The van der Waals surface area contributed by atoms with Crippen molar-refractivity contribution in [3.63, 3.8) is 0 Å². The van der Waals surface area contributed by atoms with Crippen molar-refractivity contribution in [2.75, 3.05) is 4.72 Å². The minimum absolute atomic E-state index is 0.0101. The second-order valence-corrected chi connectivity index (χ2v) is 7.22. The molecule has 0 fully saturated rings. The van der Waals surface area contributed by atoms with Crippen molar-refractivity contribution in [3.05, 3.63) is 45.4 Å². The van der Waals surface area contributed by atoms with Crippen molar-refractivity contribution in [1.29, 1.82) is 0 Å². The van der Waals surface area contributed by atoms with E-state index < -0.39 is 33.2 Å². The van der Waals surface area contributed by atoms with Gasteiger partial charge in [-0.3, -0.25) is 4.72 Å². The van der Waals surface area contributed by atoms with Crippen molar-refractivity contribution in [1.82, 2.24) is 0 Å². The highest BCUT2D eigenvalue weighted by atomic mass is 32.2. The molecule has 0 spiro atoms. The first kappa shape index (κ1) is 14.9. The standard InChI is InChI=1S/C12H10F3NO2S2/c1-6-5-10(7(2)19-6)20(17,18)16-9-4-3-8(13)11(14)12(9)15/h3-5,16H,1-2H3. The fourth-order valence-electron chi connectivity index (χ4n) is 1.68. The number of nitrogens with one attached hydrogen (secondary N) is 1. The van der Waals surface area contributed by atoms with Crippen LogP contribution in [0.2, 0.25) is 0 Å². The zero-order chi connectivity index (χ0) is 15.1. The normalized spacial score (nSPS) is 11.7. The Hall–Kier alpha value is -1.54. The van der Waals surface area contributed by atoms with E-state index in [1.807, 2.05) is 4.72 Å². The van der Waals surface area contributed by atoms with Gasteiger partial charge in [0.25, 0.3) is 10.0 Å². The van der Waals surface area contributed by atoms with Crippen LogP contribution in [0.25, 0.3) is 0 Å². The molecule has 1 heterocycles. The summed E-state index contributed by atoms with van der Waals surface area (Å²) < 4.78 is 65.5. The zero-order valence-electron chi connectivity index (χ0n) is 10.5. The maximum Gasteiger partial charge on any atom is 0.263 e. The van der Waals surface area contributed by atoms with Crippen LogP contribution in [0.5, 0.6) is 0 Å². The molecule has 0 aliphatic rings. The molecular formula is C12H10F3NO2S2. The van der Waals surface area contributed by atoms with Gasteiger partial charge in [-0.2, -0.15) is 0 Å². The van der Waals surface area contributed by atoms with Crippen LogP contribution in [-0.4, -0.2) is 8.42 Å². The van der Waals surface area contributed by atoms with Gasteiger partial charge in [-0.15, -0.1) is 11.3 Å². The van der Waals surface area contributed by atoms with Crippen molar-refractivity contribution in [3.8, 4) is 0 Å². The Balaban J connectivity index is 2.44. The van der Waals surface area contributed by atoms with Crippen LogP contribution >= 0.6 is 11.3 Å². The average Bonchev–Trinajstić information content (AvgIpc) is 2.70. The van der Waals surface area contributed by atoms with Crippen LogP contribution in [-0.2, 0) is 10.0 Å². The lowest BCUT2D eigenvalue weighted by Gasteiger charge is -2.09. The van der Waals surface area contributed by atoms with Gasteiger partial charge in [-0.25, -0.2) is 21.6 Å². The number of thiophene rings is 1. The Kier molecular flexibility index (Phi) is 3.79. The molecule has 1 N–H and O–H groups in total. The Morgan fingerprint density at radius 1 is 1.10 bits per heavy atom. The van der Waals surface area contributed by atoms with Crippen LogP contribution in [0.3, 0.4) is 0 Å². The lowest BCUT2D eigenvalue weighted by molar-refractivity contribution is 0.449. The van der Waals surface area contributed by atoms with Crippen molar-refractivity contribution in [2.45, 2.75) is 18.7 Å². The van der Waals surface area contributed by atoms with E-state index in [0.717, 1.165) is 10.9 Å². The van der Waals surface area contributed by atoms with Crippen molar-refractivity contribution < 1.29 is 21.6 Å². The predicted molar refractivity (Wildman–Crippen MR) is 70.9 cm³/mol. The molecule has 0 saturated carbocycles. The lowest BCUT2D eigenvalue weighted by atomic mass is 10.3. The summed E-state index contributed by atoms with van der Waals surface area (Å²) in [4.78, 5) is 1.29. The van der Waals surface area contributed by atoms with Gasteiger partial charge in [-0.1, -0.05) is 0 Å². The number of sulfonamides is 1. The maximum absolute atomic E-state index is 13.5. The van der Waals surface area contributed by atoms with E-state index >= 15 is 0 Å². The average molecular weight is 321 g/mol. The molecule has 0 amide bonds. The Morgan fingerprint density at radius 2 is 1.75 bits per heavy atom. The van der Waals surface area contributed by atoms with Crippen LogP contribution in [0.15, 0.2) is 23.1 Å². The molecule has 0 saturated heterocycles. The molecule has 20 heavy (non-hydrogen) atoms. The molecule has 0 aliphatic carbocycles. The molecule has 2 aromatic rings. The van der Waals surface area contributed by atoms with E-state index in [1.54, 1.807) is 13.8 Å². The highest BCUT2D eigenvalue weighted by molar-refractivity contribution is 7.93. The number of hydrogen-bond donors (Lipinski definition) is 1. The molecule has 108 valence electrons. The van der Waals surface area contributed by atoms with Crippen LogP contribution in [0.1, 0.15) is 9.75 Å². The fraction of sp³-hybridized carbons (Fsp3) is 0.167. The summed E-state index contributed by atoms with van der Waals surface area (Å²) in [7, 11) is -4.04. The Bertz CT molecular complexity index is 769. The van der Waals surface area contributed by atoms with Crippen LogP contribution in [0.4, 0.5) is 18.9 Å². The van der Waals surface area contributed by atoms with E-state index in [1.165, 1.54) is 17.4 Å². The molecule has 8 heteroatoms. The third-order valence-electron chi connectivity index (χ3n) is 2.56. The highest BCUT2D eigenvalue weighted by Crippen LogP contribution is 2.28. The van der Waals surface area contributed by atoms with Gasteiger partial charge in [0.1, 0.15) is 4.90 Å². The predicted octanol–water partition coefficient (Wildman–Crippen LogP) is 3.58. The van der Waals surface area contributed by atoms with Crippen LogP contribution in [0, 0.1) is 31.3 Å². The van der Waals surface area contributed by atoms with E-state index in [0.29, 0.717) is 10.9 Å². The second kappa shape index (κ2) is 5.10. The van der Waals surface area contributed by atoms with Gasteiger partial charge in [0, 0.05) is 9.75 Å². The molecule has 0 aliphatic heterocycles. The quantitative estimate of drug-likeness (QED) is 0.878. The minimum atomic E-state index is -4.04. The van der Waals surface area contributed by atoms with Gasteiger partial charge in [0.05, 0.1) is 5.69 Å². The molecule has 2 rings (SSSR count). The summed E-state index contributed by atoms with van der Waals surface area (Å²) >= 11 is 1.27. The largest absolute Gasteiger partial charge is 0.277 e. The first-order valence-electron chi connectivity index (χ1n) is 5.45. The molecule has 0 atom stereocenters. The van der Waals surface area contributed by atoms with E-state index in [-0.39, 0.29) is 4.90 Å². The number of anilines is 1. The fourth-order valence-corrected chi connectivity index (χ4v) is 4.29. The minimum Gasteiger partial charge on any atom is -0.277 e. The van der Waals surface area contributed by atoms with Gasteiger partial charge in [0.2, 0.25) is 0 Å². The molecule has 1 aromatic carbocycles. The monoisotopic (exact) mass is 321 g/mol. The van der Waals surface area contributed by atoms with Crippen molar-refractivity contribution >= 4 is 27.0 Å². The number of aryl methyl sites for hydroxylation is 2. The van der Waals surface area contributed by atoms with Gasteiger partial charge < -0.3 is 0 Å². The molecule has 3 nitrogen and oxygen atoms in total. The lowest BCUT2D eigenvalue weighted by Crippen LogP contribution is -2.15. The highest BCUT2D eigenvalue weighted by Gasteiger charge is 2.22. The van der Waals surface area contributed by atoms with Crippen molar-refractivity contribution in [2.24, 2.45) is 0 Å². The van der Waals surface area contributed by atoms with Gasteiger partial charge in [-0.05, 0) is 32.0 Å². The van der Waals surface area contributed by atoms with Gasteiger partial charge >= 0.3 is 0 Å². The third-order valence-corrected chi connectivity index (χ3v) is 5.15. The SMILES string of the molecule is Cc1cc(S(=O)(=O)Nc2ccc(F)c(F)c2F)c(C)s1. The second-order valence-electron chi connectivity index (χ2n) is 4.11. The van der Waals surface area contributed by atoms with E-state index in [4.69, 9.17) is 0 Å². The number of benzene rings is 1. The summed E-state index contributed by atoms with van der Waals surface area (Å²) in [6, 6.07) is 2.92. The maximum atomic E-state index is 13.5. The van der Waals surface area contributed by atoms with E-state index in [9.17, 15) is 21.6 Å². The van der Waals surface area contributed by atoms with E-state index in [2.05, 4.69) is 0 Å². The number of hydrogen-bond acceptors (Lipinski definition) is 3. The van der Waals surface area contributed by atoms with Gasteiger partial charge in [0.15, 0.2) is 17.5 Å². The summed E-state index contributed by atoms with van der Waals surface area (Å²) in [5.41, 5.74) is -0.632. The molecular weight excluding hydrogens is 311 g/mol. The van der Waals surface area contributed by atoms with Crippen LogP contribution < -0.4 is 4.72 Å². The molecule has 0 unspecified atom stereocenters. The first-order valence-corrected chi connectivity index (χ1v) is 7.75. The molecule has 0 radical (unpaired) electrons. The molecule has 1 aromatic heterocycles. The number of halogens is 3. The Morgan fingerprint density at radius 3 is 2.30 bits per heavy atom. The third kappa shape index (κ3) is 2.66. The Labute approximate surface area is 118 Å². The topological polar surface area (TPSA) is 46.2 Å². The number of rotatable bonds is 3.